The van der Waals surface area contributed by atoms with Gasteiger partial charge in [-0.25, -0.2) is 0 Å². The van der Waals surface area contributed by atoms with E-state index in [9.17, 15) is 9.59 Å². The van der Waals surface area contributed by atoms with Crippen LogP contribution in [0.15, 0.2) is 72.8 Å². The zero-order chi connectivity index (χ0) is 26.2. The molecule has 192 valence electrons. The molecule has 0 unspecified atom stereocenters. The van der Waals surface area contributed by atoms with Gasteiger partial charge in [0.05, 0.1) is 11.3 Å². The van der Waals surface area contributed by atoms with E-state index in [0.29, 0.717) is 29.1 Å². The summed E-state index contributed by atoms with van der Waals surface area (Å²) in [4.78, 5) is 28.4. The summed E-state index contributed by atoms with van der Waals surface area (Å²) in [5.41, 5.74) is 6.22. The third-order valence-corrected chi connectivity index (χ3v) is 6.68. The Morgan fingerprint density at radius 1 is 0.892 bits per heavy atom. The van der Waals surface area contributed by atoms with Gasteiger partial charge in [-0.15, -0.1) is 0 Å². The highest BCUT2D eigenvalue weighted by atomic mass is 16.2. The maximum absolute atomic E-state index is 13.3. The van der Waals surface area contributed by atoms with E-state index in [-0.39, 0.29) is 11.8 Å². The molecule has 37 heavy (non-hydrogen) atoms. The molecular weight excluding hydrogens is 460 g/mol. The van der Waals surface area contributed by atoms with Crippen LogP contribution in [0.25, 0.3) is 11.3 Å². The second-order valence-electron chi connectivity index (χ2n) is 9.22. The number of carbonyl (C=O) groups excluding carboxylic acids is 2. The van der Waals surface area contributed by atoms with E-state index < -0.39 is 0 Å². The molecule has 1 heterocycles. The van der Waals surface area contributed by atoms with Crippen molar-refractivity contribution in [1.29, 1.82) is 0 Å². The fourth-order valence-electron chi connectivity index (χ4n) is 4.46. The summed E-state index contributed by atoms with van der Waals surface area (Å²) in [6.07, 6.45) is 1.94. The molecule has 0 aromatic heterocycles. The molecule has 0 spiro atoms. The van der Waals surface area contributed by atoms with E-state index in [1.807, 2.05) is 48.5 Å². The Bertz CT molecular complexity index is 1260. The third-order valence-electron chi connectivity index (χ3n) is 6.68. The highest BCUT2D eigenvalue weighted by Gasteiger charge is 2.29. The van der Waals surface area contributed by atoms with Crippen molar-refractivity contribution in [2.75, 3.05) is 30.3 Å². The Morgan fingerprint density at radius 3 is 2.30 bits per heavy atom. The van der Waals surface area contributed by atoms with Crippen molar-refractivity contribution < 1.29 is 9.59 Å². The number of benzene rings is 3. The molecule has 0 fully saturated rings. The zero-order valence-electron chi connectivity index (χ0n) is 21.9. The van der Waals surface area contributed by atoms with Crippen LogP contribution in [0.5, 0.6) is 0 Å². The molecule has 3 aromatic carbocycles. The van der Waals surface area contributed by atoms with Crippen molar-refractivity contribution in [3.05, 3.63) is 95.1 Å². The summed E-state index contributed by atoms with van der Waals surface area (Å²) in [5.74, 6) is -0.323. The molecule has 0 bridgehead atoms. The molecule has 0 radical (unpaired) electrons. The first-order valence-electron chi connectivity index (χ1n) is 13.2. The Balaban J connectivity index is 1.70. The van der Waals surface area contributed by atoms with Crippen LogP contribution < -0.4 is 16.0 Å². The summed E-state index contributed by atoms with van der Waals surface area (Å²) in [5, 5.41) is 9.45. The molecule has 3 N–H and O–H groups in total. The van der Waals surface area contributed by atoms with Gasteiger partial charge < -0.3 is 16.0 Å². The summed E-state index contributed by atoms with van der Waals surface area (Å²) >= 11 is 0. The molecular formula is C31H36N4O2. The number of rotatable bonds is 11. The largest absolute Gasteiger partial charge is 0.354 e. The van der Waals surface area contributed by atoms with Crippen LogP contribution in [-0.4, -0.2) is 36.3 Å². The number of hydrogen-bond donors (Lipinski definition) is 3. The van der Waals surface area contributed by atoms with Crippen LogP contribution >= 0.6 is 0 Å². The van der Waals surface area contributed by atoms with E-state index in [4.69, 9.17) is 0 Å². The van der Waals surface area contributed by atoms with Gasteiger partial charge in [0.1, 0.15) is 0 Å². The minimum Gasteiger partial charge on any atom is -0.354 e. The maximum atomic E-state index is 13.3. The lowest BCUT2D eigenvalue weighted by Gasteiger charge is -2.19. The molecule has 4 rings (SSSR count). The van der Waals surface area contributed by atoms with E-state index in [0.717, 1.165) is 49.3 Å². The minimum absolute atomic E-state index is 0.132. The van der Waals surface area contributed by atoms with E-state index in [2.05, 4.69) is 53.8 Å². The first-order valence-corrected chi connectivity index (χ1v) is 13.2. The number of fused-ring (bicyclic) bond motifs is 1. The van der Waals surface area contributed by atoms with Crippen molar-refractivity contribution in [3.63, 3.8) is 0 Å². The number of unbranched alkanes of at least 4 members (excludes halogenated alkanes) is 1. The van der Waals surface area contributed by atoms with Gasteiger partial charge in [-0.05, 0) is 61.0 Å². The number of nitrogens with one attached hydrogen (secondary N) is 3. The highest BCUT2D eigenvalue weighted by Crippen LogP contribution is 2.38. The molecule has 0 aliphatic carbocycles. The molecule has 0 saturated carbocycles. The molecule has 3 aromatic rings. The molecule has 6 heteroatoms. The fourth-order valence-corrected chi connectivity index (χ4v) is 4.46. The smallest absolute Gasteiger partial charge is 0.258 e. The lowest BCUT2D eigenvalue weighted by Crippen LogP contribution is -2.24. The summed E-state index contributed by atoms with van der Waals surface area (Å²) < 4.78 is 0. The van der Waals surface area contributed by atoms with Crippen LogP contribution in [0.1, 0.15) is 60.7 Å². The van der Waals surface area contributed by atoms with Crippen molar-refractivity contribution in [2.24, 2.45) is 0 Å². The van der Waals surface area contributed by atoms with Gasteiger partial charge in [-0.3, -0.25) is 14.5 Å². The maximum Gasteiger partial charge on any atom is 0.258 e. The van der Waals surface area contributed by atoms with Crippen LogP contribution in [0, 0.1) is 0 Å². The van der Waals surface area contributed by atoms with Crippen LogP contribution in [0.2, 0.25) is 0 Å². The van der Waals surface area contributed by atoms with Crippen LogP contribution in [-0.2, 0) is 11.3 Å². The van der Waals surface area contributed by atoms with Gasteiger partial charge in [0.2, 0.25) is 0 Å². The van der Waals surface area contributed by atoms with Crippen LogP contribution in [0.3, 0.4) is 0 Å². The highest BCUT2D eigenvalue weighted by molar-refractivity contribution is 6.37. The first kappa shape index (κ1) is 26.2. The SMILES string of the molecule is CCCCNC(=O)c1ccc2c(c1)C(=C(Nc1ccc(CN(CC)CC)cc1)c1ccccc1)C(=O)N2. The first-order chi connectivity index (χ1) is 18.0. The number of amides is 2. The topological polar surface area (TPSA) is 73.5 Å². The second kappa shape index (κ2) is 12.4. The van der Waals surface area contributed by atoms with Gasteiger partial charge in [-0.2, -0.15) is 0 Å². The molecule has 1 aliphatic rings. The van der Waals surface area contributed by atoms with Gasteiger partial charge in [-0.1, -0.05) is 69.7 Å². The Labute approximate surface area is 219 Å². The van der Waals surface area contributed by atoms with E-state index in [1.54, 1.807) is 12.1 Å². The number of hydrogen-bond acceptors (Lipinski definition) is 4. The number of carbonyl (C=O) groups is 2. The van der Waals surface area contributed by atoms with Gasteiger partial charge in [0, 0.05) is 35.6 Å². The van der Waals surface area contributed by atoms with Gasteiger partial charge in [0.15, 0.2) is 0 Å². The average Bonchev–Trinajstić information content (AvgIpc) is 3.26. The molecule has 0 saturated heterocycles. The van der Waals surface area contributed by atoms with Crippen molar-refractivity contribution >= 4 is 34.5 Å². The predicted molar refractivity (Wildman–Crippen MR) is 152 cm³/mol. The van der Waals surface area contributed by atoms with Gasteiger partial charge in [0.25, 0.3) is 11.8 Å². The standard InChI is InChI=1S/C31H36N4O2/c1-4-7-19-32-30(36)24-15-18-27-26(20-24)28(31(37)34-27)29(23-11-9-8-10-12-23)33-25-16-13-22(14-17-25)21-35(5-2)6-3/h8-18,20,33H,4-7,19,21H2,1-3H3,(H,32,36)(H,34,37). The molecule has 2 amide bonds. The van der Waals surface area contributed by atoms with E-state index in [1.165, 1.54) is 5.56 Å². The van der Waals surface area contributed by atoms with Crippen molar-refractivity contribution in [1.82, 2.24) is 10.2 Å². The van der Waals surface area contributed by atoms with Crippen LogP contribution in [0.4, 0.5) is 11.4 Å². The number of nitrogens with zero attached hydrogens (tertiary/aromatic N) is 1. The lowest BCUT2D eigenvalue weighted by atomic mass is 9.98. The summed E-state index contributed by atoms with van der Waals surface area (Å²) in [6, 6.07) is 23.5. The average molecular weight is 497 g/mol. The van der Waals surface area contributed by atoms with Crippen molar-refractivity contribution in [2.45, 2.75) is 40.2 Å². The molecule has 1 aliphatic heterocycles. The molecule has 0 atom stereocenters. The lowest BCUT2D eigenvalue weighted by molar-refractivity contribution is -0.110. The number of anilines is 2. The Morgan fingerprint density at radius 2 is 1.62 bits per heavy atom. The van der Waals surface area contributed by atoms with E-state index >= 15 is 0 Å². The third kappa shape index (κ3) is 6.27. The Kier molecular flexibility index (Phi) is 8.75. The quantitative estimate of drug-likeness (QED) is 0.225. The van der Waals surface area contributed by atoms with Gasteiger partial charge >= 0.3 is 0 Å². The van der Waals surface area contributed by atoms with Crippen molar-refractivity contribution in [3.8, 4) is 0 Å². The minimum atomic E-state index is -0.192. The predicted octanol–water partition coefficient (Wildman–Crippen LogP) is 5.99. The zero-order valence-corrected chi connectivity index (χ0v) is 21.9. The fraction of sp³-hybridized carbons (Fsp3) is 0.290. The molecule has 6 nitrogen and oxygen atoms in total. The monoisotopic (exact) mass is 496 g/mol. The Hall–Kier alpha value is -3.90. The normalized spacial score (nSPS) is 13.8. The summed E-state index contributed by atoms with van der Waals surface area (Å²) in [7, 11) is 0. The second-order valence-corrected chi connectivity index (χ2v) is 9.22. The summed E-state index contributed by atoms with van der Waals surface area (Å²) in [6.45, 7) is 9.98.